The fourth-order valence-corrected chi connectivity index (χ4v) is 3.66. The molecule has 128 valence electrons. The van der Waals surface area contributed by atoms with Crippen LogP contribution in [0.2, 0.25) is 0 Å². The van der Waals surface area contributed by atoms with Crippen LogP contribution in [0, 0.1) is 11.8 Å². The first-order valence-electron chi connectivity index (χ1n) is 8.68. The van der Waals surface area contributed by atoms with Crippen molar-refractivity contribution in [2.75, 3.05) is 25.1 Å². The molecule has 0 bridgehead atoms. The third-order valence-corrected chi connectivity index (χ3v) is 5.48. The number of halogens is 1. The van der Waals surface area contributed by atoms with Gasteiger partial charge in [-0.05, 0) is 49.3 Å². The van der Waals surface area contributed by atoms with Gasteiger partial charge in [0.1, 0.15) is 0 Å². The standard InChI is InChI=1S/C19H28BrNO2/c1-4-14(2)7-8-15-6-5-11-21(13-15)18-10-9-16(20)12-17(18)19(22)23-3/h9-10,12,14-15H,4-8,11,13H2,1-3H3/t14-,15-/m1/s1. The number of methoxy groups -OCH3 is 1. The lowest BCUT2D eigenvalue weighted by molar-refractivity contribution is 0.0601. The van der Waals surface area contributed by atoms with E-state index in [1.807, 2.05) is 18.2 Å². The number of benzene rings is 1. The quantitative estimate of drug-likeness (QED) is 0.627. The first-order chi connectivity index (χ1) is 11.0. The van der Waals surface area contributed by atoms with Crippen LogP contribution in [0.25, 0.3) is 0 Å². The summed E-state index contributed by atoms with van der Waals surface area (Å²) in [7, 11) is 1.44. The van der Waals surface area contributed by atoms with Crippen LogP contribution in [-0.2, 0) is 4.74 Å². The SMILES string of the molecule is CC[C@@H](C)CC[C@H]1CCCN(c2ccc(Br)cc2C(=O)OC)C1. The molecule has 0 amide bonds. The second kappa shape index (κ2) is 8.72. The van der Waals surface area contributed by atoms with Crippen LogP contribution in [0.5, 0.6) is 0 Å². The molecule has 1 saturated heterocycles. The molecule has 0 aromatic heterocycles. The molecule has 0 radical (unpaired) electrons. The Hall–Kier alpha value is -1.03. The largest absolute Gasteiger partial charge is 0.465 e. The summed E-state index contributed by atoms with van der Waals surface area (Å²) in [6.07, 6.45) is 6.35. The van der Waals surface area contributed by atoms with Crippen LogP contribution < -0.4 is 4.90 Å². The molecule has 1 aliphatic rings. The van der Waals surface area contributed by atoms with E-state index in [2.05, 4.69) is 34.7 Å². The highest BCUT2D eigenvalue weighted by Crippen LogP contribution is 2.31. The van der Waals surface area contributed by atoms with Gasteiger partial charge in [0.25, 0.3) is 0 Å². The molecule has 0 saturated carbocycles. The summed E-state index contributed by atoms with van der Waals surface area (Å²) in [5.74, 6) is 1.28. The predicted octanol–water partition coefficient (Wildman–Crippen LogP) is 5.28. The monoisotopic (exact) mass is 381 g/mol. The van der Waals surface area contributed by atoms with E-state index < -0.39 is 0 Å². The Morgan fingerprint density at radius 2 is 2.26 bits per heavy atom. The molecule has 1 aliphatic heterocycles. The van der Waals surface area contributed by atoms with Gasteiger partial charge in [-0.15, -0.1) is 0 Å². The van der Waals surface area contributed by atoms with Crippen molar-refractivity contribution in [2.24, 2.45) is 11.8 Å². The molecule has 2 rings (SSSR count). The topological polar surface area (TPSA) is 29.5 Å². The van der Waals surface area contributed by atoms with Crippen LogP contribution in [0.1, 0.15) is 56.3 Å². The minimum atomic E-state index is -0.261. The summed E-state index contributed by atoms with van der Waals surface area (Å²) in [4.78, 5) is 14.5. The highest BCUT2D eigenvalue weighted by atomic mass is 79.9. The third-order valence-electron chi connectivity index (χ3n) is 4.99. The van der Waals surface area contributed by atoms with E-state index in [-0.39, 0.29) is 5.97 Å². The van der Waals surface area contributed by atoms with Crippen molar-refractivity contribution in [1.82, 2.24) is 0 Å². The number of hydrogen-bond acceptors (Lipinski definition) is 3. The zero-order valence-electron chi connectivity index (χ0n) is 14.5. The second-order valence-electron chi connectivity index (χ2n) is 6.70. The molecule has 1 fully saturated rings. The number of rotatable bonds is 6. The van der Waals surface area contributed by atoms with Gasteiger partial charge in [-0.1, -0.05) is 42.6 Å². The summed E-state index contributed by atoms with van der Waals surface area (Å²) in [6.45, 7) is 6.67. The van der Waals surface area contributed by atoms with Crippen molar-refractivity contribution in [3.63, 3.8) is 0 Å². The maximum atomic E-state index is 12.1. The Morgan fingerprint density at radius 3 is 2.96 bits per heavy atom. The fraction of sp³-hybridized carbons (Fsp3) is 0.632. The van der Waals surface area contributed by atoms with Crippen LogP contribution in [0.15, 0.2) is 22.7 Å². The summed E-state index contributed by atoms with van der Waals surface area (Å²) in [6, 6.07) is 5.90. The van der Waals surface area contributed by atoms with Crippen molar-refractivity contribution in [3.8, 4) is 0 Å². The number of ether oxygens (including phenoxy) is 1. The first-order valence-corrected chi connectivity index (χ1v) is 9.47. The van der Waals surface area contributed by atoms with Crippen LogP contribution in [0.4, 0.5) is 5.69 Å². The van der Waals surface area contributed by atoms with Gasteiger partial charge in [-0.25, -0.2) is 4.79 Å². The Balaban J connectivity index is 2.10. The van der Waals surface area contributed by atoms with E-state index >= 15 is 0 Å². The maximum Gasteiger partial charge on any atom is 0.340 e. The number of nitrogens with zero attached hydrogens (tertiary/aromatic N) is 1. The Kier molecular flexibility index (Phi) is 6.94. The van der Waals surface area contributed by atoms with Gasteiger partial charge >= 0.3 is 5.97 Å². The molecule has 0 unspecified atom stereocenters. The zero-order chi connectivity index (χ0) is 16.8. The van der Waals surface area contributed by atoms with E-state index in [4.69, 9.17) is 4.74 Å². The van der Waals surface area contributed by atoms with E-state index in [0.29, 0.717) is 5.56 Å². The minimum Gasteiger partial charge on any atom is -0.465 e. The number of hydrogen-bond donors (Lipinski definition) is 0. The highest BCUT2D eigenvalue weighted by Gasteiger charge is 2.24. The van der Waals surface area contributed by atoms with Gasteiger partial charge in [-0.3, -0.25) is 0 Å². The lowest BCUT2D eigenvalue weighted by Crippen LogP contribution is -2.36. The first kappa shape index (κ1) is 18.3. The maximum absolute atomic E-state index is 12.1. The van der Waals surface area contributed by atoms with E-state index in [0.717, 1.165) is 35.1 Å². The number of esters is 1. The van der Waals surface area contributed by atoms with Gasteiger partial charge in [-0.2, -0.15) is 0 Å². The number of piperidine rings is 1. The highest BCUT2D eigenvalue weighted by molar-refractivity contribution is 9.10. The molecule has 3 nitrogen and oxygen atoms in total. The molecule has 0 aliphatic carbocycles. The van der Waals surface area contributed by atoms with Crippen LogP contribution in [0.3, 0.4) is 0 Å². The molecule has 1 aromatic carbocycles. The van der Waals surface area contributed by atoms with Crippen LogP contribution in [-0.4, -0.2) is 26.2 Å². The Labute approximate surface area is 148 Å². The molecule has 0 N–H and O–H groups in total. The molecular formula is C19H28BrNO2. The summed E-state index contributed by atoms with van der Waals surface area (Å²) in [5.41, 5.74) is 1.66. The van der Waals surface area contributed by atoms with Crippen molar-refractivity contribution >= 4 is 27.6 Å². The number of carbonyl (C=O) groups is 1. The lowest BCUT2D eigenvalue weighted by atomic mass is 9.89. The number of anilines is 1. The van der Waals surface area contributed by atoms with Gasteiger partial charge < -0.3 is 9.64 Å². The Bertz CT molecular complexity index is 532. The molecule has 4 heteroatoms. The number of carbonyl (C=O) groups excluding carboxylic acids is 1. The molecular weight excluding hydrogens is 354 g/mol. The van der Waals surface area contributed by atoms with Crippen molar-refractivity contribution < 1.29 is 9.53 Å². The zero-order valence-corrected chi connectivity index (χ0v) is 16.1. The van der Waals surface area contributed by atoms with Gasteiger partial charge in [0.15, 0.2) is 0 Å². The molecule has 23 heavy (non-hydrogen) atoms. The summed E-state index contributed by atoms with van der Waals surface area (Å²) in [5, 5.41) is 0. The van der Waals surface area contributed by atoms with Crippen LogP contribution >= 0.6 is 15.9 Å². The van der Waals surface area contributed by atoms with Gasteiger partial charge in [0.05, 0.1) is 18.4 Å². The third kappa shape index (κ3) is 4.97. The lowest BCUT2D eigenvalue weighted by Gasteiger charge is -2.35. The van der Waals surface area contributed by atoms with Gasteiger partial charge in [0.2, 0.25) is 0 Å². The second-order valence-corrected chi connectivity index (χ2v) is 7.61. The fourth-order valence-electron chi connectivity index (χ4n) is 3.30. The summed E-state index contributed by atoms with van der Waals surface area (Å²) < 4.78 is 5.87. The van der Waals surface area contributed by atoms with Gasteiger partial charge in [0, 0.05) is 17.6 Å². The predicted molar refractivity (Wildman–Crippen MR) is 99.1 cm³/mol. The van der Waals surface area contributed by atoms with Crippen molar-refractivity contribution in [3.05, 3.63) is 28.2 Å². The Morgan fingerprint density at radius 1 is 1.48 bits per heavy atom. The average molecular weight is 382 g/mol. The average Bonchev–Trinajstić information content (AvgIpc) is 2.59. The molecule has 0 spiro atoms. The minimum absolute atomic E-state index is 0.261. The van der Waals surface area contributed by atoms with Crippen molar-refractivity contribution in [1.29, 1.82) is 0 Å². The molecule has 1 heterocycles. The molecule has 1 aromatic rings. The molecule has 2 atom stereocenters. The normalized spacial score (nSPS) is 19.5. The van der Waals surface area contributed by atoms with E-state index in [9.17, 15) is 4.79 Å². The van der Waals surface area contributed by atoms with E-state index in [1.54, 1.807) is 0 Å². The summed E-state index contributed by atoms with van der Waals surface area (Å²) >= 11 is 3.45. The smallest absolute Gasteiger partial charge is 0.340 e. The van der Waals surface area contributed by atoms with E-state index in [1.165, 1.54) is 39.2 Å². The van der Waals surface area contributed by atoms with Crippen molar-refractivity contribution in [2.45, 2.75) is 46.0 Å².